The Bertz CT molecular complexity index is 1010. The number of carboxylic acid groups (broad SMARTS) is 1. The average Bonchev–Trinajstić information content (AvgIpc) is 3.32. The highest BCUT2D eigenvalue weighted by molar-refractivity contribution is 7.12. The molecular weight excluding hydrogens is 388 g/mol. The summed E-state index contributed by atoms with van der Waals surface area (Å²) in [5, 5.41) is 18.8. The molecule has 7 nitrogen and oxygen atoms in total. The van der Waals surface area contributed by atoms with E-state index in [1.807, 2.05) is 35.0 Å². The number of amides is 1. The fourth-order valence-corrected chi connectivity index (χ4v) is 3.80. The second kappa shape index (κ2) is 8.91. The van der Waals surface area contributed by atoms with E-state index in [1.54, 1.807) is 24.3 Å². The van der Waals surface area contributed by atoms with Crippen LogP contribution in [-0.2, 0) is 13.1 Å². The van der Waals surface area contributed by atoms with Crippen LogP contribution in [-0.4, -0.2) is 33.8 Å². The van der Waals surface area contributed by atoms with Gasteiger partial charge in [-0.1, -0.05) is 13.0 Å². The van der Waals surface area contributed by atoms with Crippen LogP contribution in [0.3, 0.4) is 0 Å². The number of benzene rings is 1. The normalized spacial score (nSPS) is 10.7. The monoisotopic (exact) mass is 412 g/mol. The summed E-state index contributed by atoms with van der Waals surface area (Å²) in [6.07, 6.45) is 0.969. The molecule has 0 bridgehead atoms. The lowest BCUT2D eigenvalue weighted by atomic mass is 10.1. The number of aromatic nitrogens is 2. The van der Waals surface area contributed by atoms with Gasteiger partial charge in [-0.15, -0.1) is 11.3 Å². The zero-order valence-corrected chi connectivity index (χ0v) is 17.5. The van der Waals surface area contributed by atoms with Crippen molar-refractivity contribution >= 4 is 34.6 Å². The lowest BCUT2D eigenvalue weighted by Crippen LogP contribution is -2.22. The molecule has 1 amide bonds. The number of hydrogen-bond donors (Lipinski definition) is 2. The highest BCUT2D eigenvalue weighted by atomic mass is 32.1. The molecule has 0 aliphatic carbocycles. The predicted molar refractivity (Wildman–Crippen MR) is 115 cm³/mol. The van der Waals surface area contributed by atoms with Gasteiger partial charge in [0, 0.05) is 19.3 Å². The number of carbonyl (C=O) groups is 2. The molecule has 2 aromatic heterocycles. The van der Waals surface area contributed by atoms with Crippen LogP contribution in [0.1, 0.15) is 44.8 Å². The van der Waals surface area contributed by atoms with Crippen LogP contribution < -0.4 is 10.2 Å². The number of rotatable bonds is 8. The Morgan fingerprint density at radius 1 is 1.28 bits per heavy atom. The summed E-state index contributed by atoms with van der Waals surface area (Å²) >= 11 is 1.33. The van der Waals surface area contributed by atoms with E-state index in [0.717, 1.165) is 24.4 Å². The van der Waals surface area contributed by atoms with E-state index in [4.69, 9.17) is 0 Å². The number of nitrogens with one attached hydrogen (secondary N) is 1. The van der Waals surface area contributed by atoms with Crippen LogP contribution >= 0.6 is 11.3 Å². The maximum atomic E-state index is 12.2. The Morgan fingerprint density at radius 3 is 2.72 bits per heavy atom. The second-order valence-electron chi connectivity index (χ2n) is 6.82. The van der Waals surface area contributed by atoms with E-state index in [2.05, 4.69) is 17.3 Å². The first-order valence-electron chi connectivity index (χ1n) is 9.35. The molecule has 0 unspecified atom stereocenters. The average molecular weight is 413 g/mol. The third kappa shape index (κ3) is 4.83. The predicted octanol–water partition coefficient (Wildman–Crippen LogP) is 4.25. The van der Waals surface area contributed by atoms with Gasteiger partial charge in [0.2, 0.25) is 0 Å². The summed E-state index contributed by atoms with van der Waals surface area (Å²) in [5.74, 6) is -1.30. The van der Waals surface area contributed by atoms with Crippen molar-refractivity contribution in [2.75, 3.05) is 17.3 Å². The Morgan fingerprint density at radius 2 is 2.07 bits per heavy atom. The zero-order valence-electron chi connectivity index (χ0n) is 16.7. The van der Waals surface area contributed by atoms with Crippen molar-refractivity contribution < 1.29 is 14.7 Å². The largest absolute Gasteiger partial charge is 0.478 e. The first-order chi connectivity index (χ1) is 13.9. The second-order valence-corrected chi connectivity index (χ2v) is 7.77. The molecule has 0 fully saturated rings. The third-order valence-electron chi connectivity index (χ3n) is 4.46. The van der Waals surface area contributed by atoms with Crippen LogP contribution in [0.2, 0.25) is 0 Å². The van der Waals surface area contributed by atoms with Gasteiger partial charge >= 0.3 is 5.97 Å². The van der Waals surface area contributed by atoms with Gasteiger partial charge in [0.1, 0.15) is 0 Å². The van der Waals surface area contributed by atoms with Gasteiger partial charge in [0.05, 0.1) is 34.1 Å². The quantitative estimate of drug-likeness (QED) is 0.577. The van der Waals surface area contributed by atoms with Crippen LogP contribution in [0, 0.1) is 6.92 Å². The van der Waals surface area contributed by atoms with Gasteiger partial charge in [0.25, 0.3) is 5.91 Å². The number of aryl methyl sites for hydroxylation is 2. The minimum atomic E-state index is -1.04. The Kier molecular flexibility index (Phi) is 6.33. The molecule has 2 N–H and O–H groups in total. The van der Waals surface area contributed by atoms with E-state index >= 15 is 0 Å². The Labute approximate surface area is 173 Å². The Balaban J connectivity index is 1.83. The van der Waals surface area contributed by atoms with Crippen molar-refractivity contribution in [3.8, 4) is 0 Å². The summed E-state index contributed by atoms with van der Waals surface area (Å²) in [6.45, 7) is 5.39. The highest BCUT2D eigenvalue weighted by Crippen LogP contribution is 2.26. The van der Waals surface area contributed by atoms with Crippen LogP contribution in [0.4, 0.5) is 11.4 Å². The van der Waals surface area contributed by atoms with Crippen LogP contribution in [0.5, 0.6) is 0 Å². The zero-order chi connectivity index (χ0) is 21.0. The summed E-state index contributed by atoms with van der Waals surface area (Å²) in [4.78, 5) is 26.6. The lowest BCUT2D eigenvalue weighted by molar-refractivity contribution is 0.0697. The van der Waals surface area contributed by atoms with Crippen LogP contribution in [0.25, 0.3) is 0 Å². The molecular formula is C21H24N4O3S. The molecule has 3 rings (SSSR count). The molecule has 0 atom stereocenters. The van der Waals surface area contributed by atoms with Crippen molar-refractivity contribution in [2.24, 2.45) is 0 Å². The minimum absolute atomic E-state index is 0.134. The molecule has 1 aromatic carbocycles. The van der Waals surface area contributed by atoms with E-state index in [-0.39, 0.29) is 11.5 Å². The lowest BCUT2D eigenvalue weighted by Gasteiger charge is -2.22. The summed E-state index contributed by atoms with van der Waals surface area (Å²) < 4.78 is 1.96. The van der Waals surface area contributed by atoms with E-state index in [0.29, 0.717) is 22.8 Å². The summed E-state index contributed by atoms with van der Waals surface area (Å²) in [6, 6.07) is 10.5. The maximum Gasteiger partial charge on any atom is 0.337 e. The number of nitrogens with zero attached hydrogens (tertiary/aromatic N) is 3. The smallest absolute Gasteiger partial charge is 0.337 e. The fraction of sp³-hybridized carbons (Fsp3) is 0.286. The topological polar surface area (TPSA) is 87.5 Å². The third-order valence-corrected chi connectivity index (χ3v) is 5.33. The summed E-state index contributed by atoms with van der Waals surface area (Å²) in [5.41, 5.74) is 3.12. The fourth-order valence-electron chi connectivity index (χ4n) is 3.18. The van der Waals surface area contributed by atoms with E-state index in [9.17, 15) is 14.7 Å². The molecule has 0 aliphatic rings. The van der Waals surface area contributed by atoms with E-state index in [1.165, 1.54) is 17.4 Å². The molecule has 0 saturated heterocycles. The molecule has 0 radical (unpaired) electrons. The van der Waals surface area contributed by atoms with Gasteiger partial charge in [0.15, 0.2) is 0 Å². The molecule has 2 heterocycles. The van der Waals surface area contributed by atoms with Crippen molar-refractivity contribution in [3.63, 3.8) is 0 Å². The Hall–Kier alpha value is -3.13. The van der Waals surface area contributed by atoms with Gasteiger partial charge in [-0.2, -0.15) is 5.10 Å². The molecule has 0 spiro atoms. The number of thiophene rings is 1. The molecule has 0 saturated carbocycles. The van der Waals surface area contributed by atoms with Crippen molar-refractivity contribution in [1.29, 1.82) is 0 Å². The molecule has 152 valence electrons. The van der Waals surface area contributed by atoms with Gasteiger partial charge in [-0.05, 0) is 49.1 Å². The number of hydrogen-bond acceptors (Lipinski definition) is 5. The molecule has 8 heteroatoms. The summed E-state index contributed by atoms with van der Waals surface area (Å²) in [7, 11) is 1.85. The number of anilines is 2. The SMILES string of the molecule is CCCn1nc(C)cc1CN(C)c1ccc(NC(=O)c2cccs2)cc1C(=O)O. The van der Waals surface area contributed by atoms with Gasteiger partial charge < -0.3 is 15.3 Å². The van der Waals surface area contributed by atoms with Crippen molar-refractivity contribution in [1.82, 2.24) is 9.78 Å². The first kappa shape index (κ1) is 20.6. The first-order valence-corrected chi connectivity index (χ1v) is 10.2. The minimum Gasteiger partial charge on any atom is -0.478 e. The maximum absolute atomic E-state index is 12.2. The number of carboxylic acids is 1. The molecule has 3 aromatic rings. The van der Waals surface area contributed by atoms with Gasteiger partial charge in [-0.25, -0.2) is 4.79 Å². The van der Waals surface area contributed by atoms with E-state index < -0.39 is 5.97 Å². The standard InChI is InChI=1S/C21H24N4O3S/c1-4-9-25-16(11-14(2)23-25)13-24(3)18-8-7-15(12-17(18)21(27)28)22-20(26)19-6-5-10-29-19/h5-8,10-12H,4,9,13H2,1-3H3,(H,22,26)(H,27,28). The number of carbonyl (C=O) groups excluding carboxylic acids is 1. The highest BCUT2D eigenvalue weighted by Gasteiger charge is 2.17. The van der Waals surface area contributed by atoms with Crippen molar-refractivity contribution in [2.45, 2.75) is 33.4 Å². The van der Waals surface area contributed by atoms with Crippen LogP contribution in [0.15, 0.2) is 41.8 Å². The number of aromatic carboxylic acids is 1. The van der Waals surface area contributed by atoms with Gasteiger partial charge in [-0.3, -0.25) is 9.48 Å². The molecule has 0 aliphatic heterocycles. The molecule has 29 heavy (non-hydrogen) atoms. The van der Waals surface area contributed by atoms with Crippen molar-refractivity contribution in [3.05, 3.63) is 63.6 Å².